The van der Waals surface area contributed by atoms with E-state index in [1.54, 1.807) is 7.05 Å². The van der Waals surface area contributed by atoms with Crippen LogP contribution in [0.25, 0.3) is 0 Å². The molecule has 0 saturated carbocycles. The fourth-order valence-electron chi connectivity index (χ4n) is 1.44. The fourth-order valence-corrected chi connectivity index (χ4v) is 2.55. The third-order valence-corrected chi connectivity index (χ3v) is 3.75. The third-order valence-electron chi connectivity index (χ3n) is 2.40. The molecule has 0 fully saturated rings. The van der Waals surface area contributed by atoms with Crippen LogP contribution in [0.15, 0.2) is 23.1 Å². The summed E-state index contributed by atoms with van der Waals surface area (Å²) in [5.41, 5.74) is 1.14. The molecule has 1 amide bonds. The highest BCUT2D eigenvalue weighted by Gasteiger charge is 2.06. The normalized spacial score (nSPS) is 10.4. The first-order valence-corrected chi connectivity index (χ1v) is 7.36. The average Bonchev–Trinajstić information content (AvgIpc) is 2.37. The van der Waals surface area contributed by atoms with E-state index in [1.165, 1.54) is 11.8 Å². The first kappa shape index (κ1) is 15.3. The van der Waals surface area contributed by atoms with Crippen molar-refractivity contribution in [2.75, 3.05) is 19.3 Å². The summed E-state index contributed by atoms with van der Waals surface area (Å²) in [4.78, 5) is 12.4. The molecule has 0 aromatic heterocycles. The van der Waals surface area contributed by atoms with Crippen molar-refractivity contribution in [1.29, 1.82) is 0 Å². The third kappa shape index (κ3) is 5.29. The van der Waals surface area contributed by atoms with Crippen LogP contribution in [-0.4, -0.2) is 25.3 Å². The van der Waals surface area contributed by atoms with Crippen molar-refractivity contribution in [3.05, 3.63) is 28.8 Å². The van der Waals surface area contributed by atoms with Crippen LogP contribution in [0, 0.1) is 0 Å². The van der Waals surface area contributed by atoms with E-state index in [9.17, 15) is 4.79 Å². The molecule has 0 aliphatic carbocycles. The molecule has 0 bridgehead atoms. The smallest absolute Gasteiger partial charge is 0.230 e. The van der Waals surface area contributed by atoms with Gasteiger partial charge in [0, 0.05) is 23.5 Å². The highest BCUT2D eigenvalue weighted by Crippen LogP contribution is 2.25. The first-order valence-electron chi connectivity index (χ1n) is 6.00. The summed E-state index contributed by atoms with van der Waals surface area (Å²) in [6.45, 7) is 3.89. The summed E-state index contributed by atoms with van der Waals surface area (Å²) in [5, 5.41) is 6.69. The number of carbonyl (C=O) groups is 1. The molecule has 0 aliphatic heterocycles. The van der Waals surface area contributed by atoms with E-state index in [0.717, 1.165) is 35.0 Å². The molecule has 5 heteroatoms. The van der Waals surface area contributed by atoms with Gasteiger partial charge in [-0.2, -0.15) is 0 Å². The maximum Gasteiger partial charge on any atom is 0.230 e. The number of nitrogens with one attached hydrogen (secondary N) is 2. The highest BCUT2D eigenvalue weighted by atomic mass is 35.5. The Morgan fingerprint density at radius 2 is 2.22 bits per heavy atom. The number of halogens is 1. The second-order valence-electron chi connectivity index (χ2n) is 3.89. The Balaban J connectivity index is 2.66. The predicted octanol–water partition coefficient (Wildman–Crippen LogP) is 2.68. The van der Waals surface area contributed by atoms with Crippen LogP contribution in [0.5, 0.6) is 0 Å². The lowest BCUT2D eigenvalue weighted by molar-refractivity contribution is -0.118. The summed E-state index contributed by atoms with van der Waals surface area (Å²) in [5.74, 6) is 0.459. The molecule has 2 N–H and O–H groups in total. The Morgan fingerprint density at radius 3 is 2.89 bits per heavy atom. The Morgan fingerprint density at radius 1 is 1.44 bits per heavy atom. The molecule has 0 spiro atoms. The maximum absolute atomic E-state index is 11.3. The Kier molecular flexibility index (Phi) is 7.16. The number of carbonyl (C=O) groups excluding carboxylic acids is 1. The molecule has 0 unspecified atom stereocenters. The van der Waals surface area contributed by atoms with Gasteiger partial charge in [0.05, 0.1) is 5.75 Å². The zero-order chi connectivity index (χ0) is 13.4. The molecule has 1 rings (SSSR count). The van der Waals surface area contributed by atoms with Crippen LogP contribution in [0.2, 0.25) is 5.02 Å². The summed E-state index contributed by atoms with van der Waals surface area (Å²) < 4.78 is 0. The largest absolute Gasteiger partial charge is 0.358 e. The van der Waals surface area contributed by atoms with E-state index in [4.69, 9.17) is 11.6 Å². The van der Waals surface area contributed by atoms with Gasteiger partial charge in [0.1, 0.15) is 0 Å². The van der Waals surface area contributed by atoms with Gasteiger partial charge in [-0.25, -0.2) is 0 Å². The summed E-state index contributed by atoms with van der Waals surface area (Å²) in [7, 11) is 1.65. The van der Waals surface area contributed by atoms with E-state index >= 15 is 0 Å². The van der Waals surface area contributed by atoms with Crippen LogP contribution >= 0.6 is 23.4 Å². The summed E-state index contributed by atoms with van der Waals surface area (Å²) >= 11 is 7.54. The predicted molar refractivity (Wildman–Crippen MR) is 78.2 cm³/mol. The van der Waals surface area contributed by atoms with Crippen molar-refractivity contribution in [3.8, 4) is 0 Å². The van der Waals surface area contributed by atoms with Crippen molar-refractivity contribution in [3.63, 3.8) is 0 Å². The number of hydrogen-bond acceptors (Lipinski definition) is 3. The number of hydrogen-bond donors (Lipinski definition) is 2. The monoisotopic (exact) mass is 286 g/mol. The molecule has 18 heavy (non-hydrogen) atoms. The van der Waals surface area contributed by atoms with E-state index < -0.39 is 0 Å². The Bertz CT molecular complexity index is 399. The molecule has 0 radical (unpaired) electrons. The molecule has 1 aromatic rings. The van der Waals surface area contributed by atoms with Crippen LogP contribution in [0.1, 0.15) is 18.9 Å². The van der Waals surface area contributed by atoms with Crippen molar-refractivity contribution in [2.45, 2.75) is 24.8 Å². The molecule has 0 aliphatic rings. The molecule has 0 atom stereocenters. The maximum atomic E-state index is 11.3. The van der Waals surface area contributed by atoms with E-state index in [0.29, 0.717) is 5.75 Å². The highest BCUT2D eigenvalue weighted by molar-refractivity contribution is 8.00. The molecule has 0 saturated heterocycles. The van der Waals surface area contributed by atoms with Crippen molar-refractivity contribution in [2.24, 2.45) is 0 Å². The summed E-state index contributed by atoms with van der Waals surface area (Å²) in [6, 6.07) is 5.78. The minimum Gasteiger partial charge on any atom is -0.358 e. The molecule has 0 heterocycles. The molecular weight excluding hydrogens is 268 g/mol. The number of thioether (sulfide) groups is 1. The average molecular weight is 287 g/mol. The van der Waals surface area contributed by atoms with Crippen molar-refractivity contribution < 1.29 is 4.79 Å². The van der Waals surface area contributed by atoms with Gasteiger partial charge in [-0.15, -0.1) is 11.8 Å². The fraction of sp³-hybridized carbons (Fsp3) is 0.462. The van der Waals surface area contributed by atoms with Gasteiger partial charge >= 0.3 is 0 Å². The second kappa shape index (κ2) is 8.40. The van der Waals surface area contributed by atoms with Crippen LogP contribution in [0.4, 0.5) is 0 Å². The lowest BCUT2D eigenvalue weighted by atomic mass is 10.2. The molecule has 3 nitrogen and oxygen atoms in total. The van der Waals surface area contributed by atoms with Gasteiger partial charge in [-0.3, -0.25) is 4.79 Å². The zero-order valence-electron chi connectivity index (χ0n) is 10.8. The Hall–Kier alpha value is -0.710. The van der Waals surface area contributed by atoms with Gasteiger partial charge in [-0.05, 0) is 36.7 Å². The van der Waals surface area contributed by atoms with Crippen LogP contribution < -0.4 is 10.6 Å². The minimum atomic E-state index is 0.0300. The Labute approximate surface area is 118 Å². The minimum absolute atomic E-state index is 0.0300. The molecular formula is C13H19ClN2OS. The molecule has 100 valence electrons. The van der Waals surface area contributed by atoms with Gasteiger partial charge in [-0.1, -0.05) is 18.5 Å². The van der Waals surface area contributed by atoms with Crippen LogP contribution in [0.3, 0.4) is 0 Å². The standard InChI is InChI=1S/C13H19ClN2OS/c1-3-6-16-8-10-7-11(14)4-5-12(10)18-9-13(17)15-2/h4-5,7,16H,3,6,8-9H2,1-2H3,(H,15,17). The quantitative estimate of drug-likeness (QED) is 0.598. The van der Waals surface area contributed by atoms with Gasteiger partial charge < -0.3 is 10.6 Å². The summed E-state index contributed by atoms with van der Waals surface area (Å²) in [6.07, 6.45) is 1.10. The number of rotatable bonds is 7. The molecule has 1 aromatic carbocycles. The van der Waals surface area contributed by atoms with E-state index in [-0.39, 0.29) is 5.91 Å². The van der Waals surface area contributed by atoms with Crippen LogP contribution in [-0.2, 0) is 11.3 Å². The van der Waals surface area contributed by atoms with Gasteiger partial charge in [0.2, 0.25) is 5.91 Å². The van der Waals surface area contributed by atoms with Gasteiger partial charge in [0.25, 0.3) is 0 Å². The van der Waals surface area contributed by atoms with E-state index in [2.05, 4.69) is 17.6 Å². The number of benzene rings is 1. The lowest BCUT2D eigenvalue weighted by Crippen LogP contribution is -2.20. The topological polar surface area (TPSA) is 41.1 Å². The number of amides is 1. The second-order valence-corrected chi connectivity index (χ2v) is 5.34. The van der Waals surface area contributed by atoms with Crippen molar-refractivity contribution in [1.82, 2.24) is 10.6 Å². The van der Waals surface area contributed by atoms with Crippen molar-refractivity contribution >= 4 is 29.3 Å². The first-order chi connectivity index (χ1) is 8.67. The SMILES string of the molecule is CCCNCc1cc(Cl)ccc1SCC(=O)NC. The van der Waals surface area contributed by atoms with E-state index in [1.807, 2.05) is 18.2 Å². The zero-order valence-corrected chi connectivity index (χ0v) is 12.3. The lowest BCUT2D eigenvalue weighted by Gasteiger charge is -2.10. The van der Waals surface area contributed by atoms with Gasteiger partial charge in [0.15, 0.2) is 0 Å².